The largest absolute Gasteiger partial charge is 0.323 e. The van der Waals surface area contributed by atoms with Crippen molar-refractivity contribution in [1.29, 1.82) is 0 Å². The Morgan fingerprint density at radius 3 is 2.42 bits per heavy atom. The van der Waals surface area contributed by atoms with Crippen LogP contribution < -0.4 is 0 Å². The number of Topliss-reactive ketones (excluding diaryl/α,β-unsaturated/α-hetero) is 1. The molecule has 0 saturated carbocycles. The van der Waals surface area contributed by atoms with Crippen LogP contribution in [-0.2, 0) is 16.1 Å². The van der Waals surface area contributed by atoms with Crippen LogP contribution in [0.4, 0.5) is 0 Å². The summed E-state index contributed by atoms with van der Waals surface area (Å²) in [7, 11) is 0. The zero-order chi connectivity index (χ0) is 18.3. The molecule has 4 nitrogen and oxygen atoms in total. The van der Waals surface area contributed by atoms with Crippen molar-refractivity contribution in [1.82, 2.24) is 4.90 Å². The van der Waals surface area contributed by atoms with E-state index in [0.29, 0.717) is 12.1 Å². The highest BCUT2D eigenvalue weighted by Gasteiger charge is 2.61. The summed E-state index contributed by atoms with van der Waals surface area (Å²) in [5.74, 6) is -1.37. The Morgan fingerprint density at radius 2 is 1.81 bits per heavy atom. The maximum Gasteiger partial charge on any atom is 0.237 e. The van der Waals surface area contributed by atoms with Gasteiger partial charge >= 0.3 is 0 Å². The number of nitrogens with zero attached hydrogens (tertiary/aromatic N) is 1. The van der Waals surface area contributed by atoms with Gasteiger partial charge in [-0.05, 0) is 42.7 Å². The summed E-state index contributed by atoms with van der Waals surface area (Å²) >= 11 is 1.56. The molecular formula is C21H17NO3S. The molecule has 2 aliphatic rings. The fraction of sp³-hybridized carbons (Fsp3) is 0.190. The third-order valence-corrected chi connectivity index (χ3v) is 5.83. The number of likely N-dealkylation sites (tertiary alicyclic amines) is 1. The Labute approximate surface area is 155 Å². The number of hydrogen-bond donors (Lipinski definition) is 0. The van der Waals surface area contributed by atoms with Crippen LogP contribution in [0.15, 0.2) is 66.1 Å². The van der Waals surface area contributed by atoms with Crippen LogP contribution in [-0.4, -0.2) is 27.9 Å². The molecule has 1 atom stereocenters. The van der Waals surface area contributed by atoms with Gasteiger partial charge in [0.2, 0.25) is 5.91 Å². The van der Waals surface area contributed by atoms with Crippen molar-refractivity contribution < 1.29 is 14.4 Å². The van der Waals surface area contributed by atoms with Crippen LogP contribution in [0.2, 0.25) is 0 Å². The number of carbonyl (C=O) groups is 3. The molecule has 1 aliphatic heterocycles. The minimum atomic E-state index is -0.864. The quantitative estimate of drug-likeness (QED) is 0.476. The van der Waals surface area contributed by atoms with Crippen LogP contribution in [0.25, 0.3) is 0 Å². The summed E-state index contributed by atoms with van der Waals surface area (Å²) < 4.78 is 0. The Hall–Kier alpha value is -2.79. The van der Waals surface area contributed by atoms with E-state index in [1.807, 2.05) is 36.6 Å². The third-order valence-electron chi connectivity index (χ3n) is 4.96. The fourth-order valence-electron chi connectivity index (χ4n) is 3.53. The molecule has 4 rings (SSSR count). The molecule has 1 aromatic heterocycles. The lowest BCUT2D eigenvalue weighted by molar-refractivity contribution is -0.157. The van der Waals surface area contributed by atoms with Gasteiger partial charge in [-0.1, -0.05) is 35.9 Å². The lowest BCUT2D eigenvalue weighted by Crippen LogP contribution is -2.71. The van der Waals surface area contributed by atoms with Crippen molar-refractivity contribution in [3.05, 3.63) is 82.1 Å². The van der Waals surface area contributed by atoms with Crippen molar-refractivity contribution in [2.45, 2.75) is 19.0 Å². The Morgan fingerprint density at radius 1 is 1.12 bits per heavy atom. The van der Waals surface area contributed by atoms with Crippen LogP contribution >= 0.6 is 11.3 Å². The average molecular weight is 363 g/mol. The van der Waals surface area contributed by atoms with E-state index in [1.165, 1.54) is 12.2 Å². The molecule has 1 aromatic carbocycles. The summed E-state index contributed by atoms with van der Waals surface area (Å²) in [4.78, 5) is 40.3. The first-order valence-electron chi connectivity index (χ1n) is 8.38. The van der Waals surface area contributed by atoms with E-state index < -0.39 is 11.5 Å². The lowest BCUT2D eigenvalue weighted by atomic mass is 9.67. The summed E-state index contributed by atoms with van der Waals surface area (Å²) in [6, 6.07) is 11.1. The molecule has 0 N–H and O–H groups in total. The van der Waals surface area contributed by atoms with Gasteiger partial charge in [-0.25, -0.2) is 0 Å². The van der Waals surface area contributed by atoms with Crippen LogP contribution in [0.5, 0.6) is 0 Å². The van der Waals surface area contributed by atoms with Crippen LogP contribution in [0, 0.1) is 12.8 Å². The Bertz CT molecular complexity index is 922. The van der Waals surface area contributed by atoms with Gasteiger partial charge in [0.05, 0.1) is 12.1 Å². The first-order valence-corrected chi connectivity index (χ1v) is 9.26. The van der Waals surface area contributed by atoms with Crippen molar-refractivity contribution in [3.8, 4) is 0 Å². The standard InChI is InChI=1S/C21H17NO3S/c1-14-4-6-15(7-5-14)19(24)18-20(25)22(13-17-3-2-12-26-17)21(18)10-8-16(23)9-11-21/h2-12,18H,13H2,1H3/t18-/m0/s1. The van der Waals surface area contributed by atoms with Crippen molar-refractivity contribution >= 4 is 28.8 Å². The molecule has 2 aromatic rings. The molecule has 1 aliphatic carbocycles. The number of aryl methyl sites for hydroxylation is 1. The predicted octanol–water partition coefficient (Wildman–Crippen LogP) is 3.33. The Kier molecular flexibility index (Phi) is 3.96. The monoisotopic (exact) mass is 363 g/mol. The fourth-order valence-corrected chi connectivity index (χ4v) is 4.22. The number of allylic oxidation sites excluding steroid dienone is 2. The molecule has 0 unspecified atom stereocenters. The predicted molar refractivity (Wildman–Crippen MR) is 99.9 cm³/mol. The third kappa shape index (κ3) is 2.56. The maximum absolute atomic E-state index is 13.1. The van der Waals surface area contributed by atoms with E-state index in [-0.39, 0.29) is 17.5 Å². The first-order chi connectivity index (χ1) is 12.5. The molecule has 1 saturated heterocycles. The van der Waals surface area contributed by atoms with E-state index >= 15 is 0 Å². The molecule has 5 heteroatoms. The van der Waals surface area contributed by atoms with Crippen molar-refractivity contribution in [3.63, 3.8) is 0 Å². The summed E-state index contributed by atoms with van der Waals surface area (Å²) in [6.45, 7) is 2.38. The highest BCUT2D eigenvalue weighted by Crippen LogP contribution is 2.45. The van der Waals surface area contributed by atoms with E-state index in [4.69, 9.17) is 0 Å². The highest BCUT2D eigenvalue weighted by atomic mass is 32.1. The number of thiophene rings is 1. The van der Waals surface area contributed by atoms with Gasteiger partial charge in [0.1, 0.15) is 5.92 Å². The summed E-state index contributed by atoms with van der Waals surface area (Å²) in [5.41, 5.74) is 0.707. The van der Waals surface area contributed by atoms with Gasteiger partial charge in [0.15, 0.2) is 11.6 Å². The van der Waals surface area contributed by atoms with Gasteiger partial charge in [-0.15, -0.1) is 11.3 Å². The minimum Gasteiger partial charge on any atom is -0.323 e. The maximum atomic E-state index is 13.1. The summed E-state index contributed by atoms with van der Waals surface area (Å²) in [5, 5.41) is 1.96. The number of ketones is 2. The molecule has 0 bridgehead atoms. The zero-order valence-electron chi connectivity index (χ0n) is 14.2. The smallest absolute Gasteiger partial charge is 0.237 e. The van der Waals surface area contributed by atoms with Crippen LogP contribution in [0.3, 0.4) is 0 Å². The second-order valence-corrected chi connectivity index (χ2v) is 7.66. The van der Waals surface area contributed by atoms with Gasteiger partial charge in [-0.3, -0.25) is 14.4 Å². The molecule has 2 heterocycles. The van der Waals surface area contributed by atoms with Crippen molar-refractivity contribution in [2.24, 2.45) is 5.92 Å². The van der Waals surface area contributed by atoms with E-state index in [2.05, 4.69) is 0 Å². The second-order valence-electron chi connectivity index (χ2n) is 6.62. The summed E-state index contributed by atoms with van der Waals surface area (Å²) in [6.07, 6.45) is 6.29. The van der Waals surface area contributed by atoms with Gasteiger partial charge in [0, 0.05) is 10.4 Å². The molecule has 26 heavy (non-hydrogen) atoms. The second kappa shape index (κ2) is 6.18. The van der Waals surface area contributed by atoms with Gasteiger partial charge in [0.25, 0.3) is 0 Å². The number of benzene rings is 1. The van der Waals surface area contributed by atoms with Gasteiger partial charge in [-0.2, -0.15) is 0 Å². The number of β-lactam (4-membered cyclic amide) rings is 1. The first kappa shape index (κ1) is 16.7. The van der Waals surface area contributed by atoms with Crippen molar-refractivity contribution in [2.75, 3.05) is 0 Å². The molecule has 130 valence electrons. The average Bonchev–Trinajstić information content (AvgIpc) is 3.15. The highest BCUT2D eigenvalue weighted by molar-refractivity contribution is 7.09. The minimum absolute atomic E-state index is 0.132. The van der Waals surface area contributed by atoms with Gasteiger partial charge < -0.3 is 4.90 Å². The molecule has 1 spiro atoms. The number of carbonyl (C=O) groups excluding carboxylic acids is 3. The van der Waals surface area contributed by atoms with E-state index in [9.17, 15) is 14.4 Å². The van der Waals surface area contributed by atoms with Crippen LogP contribution in [0.1, 0.15) is 20.8 Å². The van der Waals surface area contributed by atoms with E-state index in [1.54, 1.807) is 40.5 Å². The topological polar surface area (TPSA) is 54.5 Å². The normalized spacial score (nSPS) is 20.5. The molecular weight excluding hydrogens is 346 g/mol. The molecule has 0 radical (unpaired) electrons. The van der Waals surface area contributed by atoms with E-state index in [0.717, 1.165) is 10.4 Å². The Balaban J connectivity index is 1.70. The number of amides is 1. The molecule has 1 fully saturated rings. The zero-order valence-corrected chi connectivity index (χ0v) is 15.0. The molecule has 1 amide bonds. The lowest BCUT2D eigenvalue weighted by Gasteiger charge is -2.54. The number of rotatable bonds is 4. The SMILES string of the molecule is Cc1ccc(C(=O)[C@H]2C(=O)N(Cc3cccs3)C23C=CC(=O)C=C3)cc1. The number of hydrogen-bond acceptors (Lipinski definition) is 4.